The van der Waals surface area contributed by atoms with Crippen molar-refractivity contribution in [2.75, 3.05) is 6.61 Å². The van der Waals surface area contributed by atoms with E-state index in [0.29, 0.717) is 18.3 Å². The number of carbonyl (C=O) groups excluding carboxylic acids is 1. The summed E-state index contributed by atoms with van der Waals surface area (Å²) >= 11 is 0. The molecule has 10 heteroatoms. The van der Waals surface area contributed by atoms with Gasteiger partial charge in [-0.1, -0.05) is 55.4 Å². The van der Waals surface area contributed by atoms with Crippen molar-refractivity contribution in [3.05, 3.63) is 0 Å². The van der Waals surface area contributed by atoms with Gasteiger partial charge in [0.05, 0.1) is 24.4 Å². The molecule has 3 heterocycles. The first-order valence-electron chi connectivity index (χ1n) is 18.7. The van der Waals surface area contributed by atoms with Crippen molar-refractivity contribution in [3.8, 4) is 0 Å². The van der Waals surface area contributed by atoms with Crippen molar-refractivity contribution in [1.82, 2.24) is 0 Å². The predicted molar refractivity (Wildman–Crippen MR) is 175 cm³/mol. The molecule has 5 N–H and O–H groups in total. The first kappa shape index (κ1) is 35.5. The summed E-state index contributed by atoms with van der Waals surface area (Å²) in [4.78, 5) is 14.7. The Morgan fingerprint density at radius 3 is 2.27 bits per heavy atom. The van der Waals surface area contributed by atoms with E-state index in [2.05, 4.69) is 55.4 Å². The van der Waals surface area contributed by atoms with Gasteiger partial charge >= 0.3 is 5.97 Å². The van der Waals surface area contributed by atoms with Crippen molar-refractivity contribution >= 4 is 5.97 Å². The Morgan fingerprint density at radius 1 is 0.938 bits per heavy atom. The third-order valence-electron chi connectivity index (χ3n) is 16.5. The first-order chi connectivity index (χ1) is 22.1. The Hall–Kier alpha value is -0.850. The SMILES string of the molecule is C[C@H](CCC(C)(O)C(C)(C)C)[C@H]1CC[C@]23C(=O)O[C@]4(CC[C@]12C)[C@]31O[C@H]1C[C@H]1C(C)(C)[C@@H](O[C@@H]2O[C@H](CO)[C@H](O)[C@H](O)[C@H]2O)CC[C@@]14C. The van der Waals surface area contributed by atoms with Gasteiger partial charge < -0.3 is 44.5 Å². The van der Waals surface area contributed by atoms with Crippen LogP contribution >= 0.6 is 0 Å². The Bertz CT molecular complexity index is 1310. The van der Waals surface area contributed by atoms with Gasteiger partial charge in [0.25, 0.3) is 0 Å². The van der Waals surface area contributed by atoms with Crippen LogP contribution in [0.1, 0.15) is 120 Å². The molecule has 2 bridgehead atoms. The molecule has 7 aliphatic rings. The zero-order valence-corrected chi connectivity index (χ0v) is 30.6. The quantitative estimate of drug-likeness (QED) is 0.152. The molecule has 48 heavy (non-hydrogen) atoms. The van der Waals surface area contributed by atoms with Crippen molar-refractivity contribution in [1.29, 1.82) is 0 Å². The van der Waals surface area contributed by atoms with E-state index in [1.165, 1.54) is 0 Å². The van der Waals surface area contributed by atoms with E-state index in [9.17, 15) is 30.3 Å². The summed E-state index contributed by atoms with van der Waals surface area (Å²) in [6.45, 7) is 19.0. The normalized spacial score (nSPS) is 53.9. The van der Waals surface area contributed by atoms with Crippen molar-refractivity contribution in [3.63, 3.8) is 0 Å². The largest absolute Gasteiger partial charge is 0.455 e. The Balaban J connectivity index is 1.16. The molecule has 2 spiro atoms. The van der Waals surface area contributed by atoms with Crippen LogP contribution in [-0.2, 0) is 23.7 Å². The minimum absolute atomic E-state index is 0.0687. The summed E-state index contributed by atoms with van der Waals surface area (Å²) in [6.07, 6.45) is 0.102. The fraction of sp³-hybridized carbons (Fsp3) is 0.974. The van der Waals surface area contributed by atoms with Crippen LogP contribution in [0.15, 0.2) is 0 Å². The lowest BCUT2D eigenvalue weighted by atomic mass is 9.36. The lowest BCUT2D eigenvalue weighted by molar-refractivity contribution is -0.331. The second-order valence-electron chi connectivity index (χ2n) is 19.5. The molecule has 10 nitrogen and oxygen atoms in total. The summed E-state index contributed by atoms with van der Waals surface area (Å²) in [6, 6.07) is 0. The van der Waals surface area contributed by atoms with Crippen LogP contribution in [0.4, 0.5) is 0 Å². The van der Waals surface area contributed by atoms with Gasteiger partial charge in [0.15, 0.2) is 17.5 Å². The van der Waals surface area contributed by atoms with E-state index >= 15 is 0 Å². The Labute approximate surface area is 286 Å². The minimum Gasteiger partial charge on any atom is -0.455 e. The monoisotopic (exact) mass is 678 g/mol. The van der Waals surface area contributed by atoms with E-state index in [-0.39, 0.29) is 40.3 Å². The molecule has 0 aromatic rings. The van der Waals surface area contributed by atoms with Gasteiger partial charge in [0.1, 0.15) is 29.8 Å². The number of aliphatic hydroxyl groups is 5. The van der Waals surface area contributed by atoms with E-state index in [0.717, 1.165) is 51.4 Å². The maximum atomic E-state index is 14.7. The number of rotatable bonds is 7. The van der Waals surface area contributed by atoms with Gasteiger partial charge in [-0.05, 0) is 98.7 Å². The molecule has 3 aliphatic heterocycles. The maximum Gasteiger partial charge on any atom is 0.316 e. The number of carbonyl (C=O) groups is 1. The summed E-state index contributed by atoms with van der Waals surface area (Å²) in [7, 11) is 0. The van der Waals surface area contributed by atoms with E-state index < -0.39 is 64.9 Å². The van der Waals surface area contributed by atoms with E-state index in [1.807, 2.05) is 6.92 Å². The second kappa shape index (κ2) is 10.6. The zero-order valence-electron chi connectivity index (χ0n) is 30.6. The maximum absolute atomic E-state index is 14.7. The van der Waals surface area contributed by atoms with Gasteiger partial charge in [0.2, 0.25) is 0 Å². The summed E-state index contributed by atoms with van der Waals surface area (Å²) in [5, 5.41) is 52.5. The van der Waals surface area contributed by atoms with E-state index in [4.69, 9.17) is 18.9 Å². The van der Waals surface area contributed by atoms with Crippen LogP contribution in [0, 0.1) is 44.8 Å². The lowest BCUT2D eigenvalue weighted by Crippen LogP contribution is -2.73. The van der Waals surface area contributed by atoms with Gasteiger partial charge in [0, 0.05) is 5.41 Å². The molecular formula is C38H62O10. The highest BCUT2D eigenvalue weighted by molar-refractivity contribution is 5.87. The molecule has 1 unspecified atom stereocenters. The van der Waals surface area contributed by atoms with Crippen LogP contribution in [0.2, 0.25) is 0 Å². The molecule has 0 amide bonds. The van der Waals surface area contributed by atoms with Crippen molar-refractivity contribution in [2.24, 2.45) is 44.8 Å². The number of esters is 1. The van der Waals surface area contributed by atoms with Crippen molar-refractivity contribution in [2.45, 2.75) is 180 Å². The third-order valence-corrected chi connectivity index (χ3v) is 16.5. The first-order valence-corrected chi connectivity index (χ1v) is 18.7. The second-order valence-corrected chi connectivity index (χ2v) is 19.5. The molecule has 16 atom stereocenters. The molecule has 274 valence electrons. The van der Waals surface area contributed by atoms with Gasteiger partial charge in [-0.25, -0.2) is 0 Å². The van der Waals surface area contributed by atoms with Crippen LogP contribution in [0.3, 0.4) is 0 Å². The zero-order chi connectivity index (χ0) is 35.3. The van der Waals surface area contributed by atoms with Gasteiger partial charge in [-0.2, -0.15) is 0 Å². The molecule has 0 aromatic heterocycles. The smallest absolute Gasteiger partial charge is 0.316 e. The van der Waals surface area contributed by atoms with Gasteiger partial charge in [-0.15, -0.1) is 0 Å². The number of hydrogen-bond donors (Lipinski definition) is 5. The molecule has 4 saturated carbocycles. The van der Waals surface area contributed by atoms with Crippen molar-refractivity contribution < 1.29 is 49.3 Å². The molecular weight excluding hydrogens is 616 g/mol. The fourth-order valence-corrected chi connectivity index (χ4v) is 13.0. The molecule has 3 saturated heterocycles. The average Bonchev–Trinajstić information content (AvgIpc) is 3.60. The fourth-order valence-electron chi connectivity index (χ4n) is 13.0. The van der Waals surface area contributed by atoms with Crippen LogP contribution in [0.25, 0.3) is 0 Å². The highest BCUT2D eigenvalue weighted by Crippen LogP contribution is 2.87. The highest BCUT2D eigenvalue weighted by atomic mass is 16.7. The molecule has 7 fully saturated rings. The van der Waals surface area contributed by atoms with Crippen LogP contribution in [0.5, 0.6) is 0 Å². The number of aliphatic hydroxyl groups excluding tert-OH is 4. The molecule has 0 aromatic carbocycles. The summed E-state index contributed by atoms with van der Waals surface area (Å²) in [5.74, 6) is 0.692. The predicted octanol–water partition coefficient (Wildman–Crippen LogP) is 3.86. The Morgan fingerprint density at radius 2 is 1.62 bits per heavy atom. The molecule has 0 radical (unpaired) electrons. The third kappa shape index (κ3) is 4.06. The lowest BCUT2D eigenvalue weighted by Gasteiger charge is -2.65. The number of fused-ring (bicyclic) bond motifs is 1. The summed E-state index contributed by atoms with van der Waals surface area (Å²) in [5.41, 5.74) is -4.11. The minimum atomic E-state index is -1.50. The molecule has 4 aliphatic carbocycles. The highest BCUT2D eigenvalue weighted by Gasteiger charge is 2.97. The Kier molecular flexibility index (Phi) is 7.86. The summed E-state index contributed by atoms with van der Waals surface area (Å²) < 4.78 is 26.1. The van der Waals surface area contributed by atoms with E-state index in [1.54, 1.807) is 0 Å². The standard InChI is InChI=1S/C38H62O10/c1-20(10-14-35(9,44)31(2,3)4)21-11-15-36-30(43)48-37(17-16-33(21,36)7)34(8)13-12-24(32(5,6)23(34)18-25-38(36,37)47-25)46-29-28(42)27(41)26(40)22(19-39)45-29/h20-29,39-42,44H,10-19H2,1-9H3/t20-,21-,22-,23+,24+,25+,26+,27+,28-,29+,33-,34+,35?,36+,37+,38-/m1/s1. The molecule has 7 rings (SSSR count). The number of epoxide rings is 1. The van der Waals surface area contributed by atoms with Gasteiger partial charge in [-0.3, -0.25) is 4.79 Å². The van der Waals surface area contributed by atoms with Crippen LogP contribution < -0.4 is 0 Å². The average molecular weight is 679 g/mol. The number of ether oxygens (including phenoxy) is 4. The number of hydrogen-bond acceptors (Lipinski definition) is 10. The topological polar surface area (TPSA) is 158 Å². The van der Waals surface area contributed by atoms with Crippen LogP contribution in [-0.4, -0.2) is 97.8 Å².